The summed E-state index contributed by atoms with van der Waals surface area (Å²) in [4.78, 5) is 11.5. The van der Waals surface area contributed by atoms with Crippen LogP contribution in [0.5, 0.6) is 11.5 Å². The van der Waals surface area contributed by atoms with Gasteiger partial charge >= 0.3 is 0 Å². The summed E-state index contributed by atoms with van der Waals surface area (Å²) < 4.78 is 10.8. The Bertz CT molecular complexity index is 488. The fourth-order valence-electron chi connectivity index (χ4n) is 3.14. The van der Waals surface area contributed by atoms with Crippen LogP contribution in [-0.4, -0.2) is 26.2 Å². The SMILES string of the molecule is CNCC1(c2ccc3c(c2)OCO3)CCC(=O)CC1. The van der Waals surface area contributed by atoms with Gasteiger partial charge in [0.15, 0.2) is 11.5 Å². The lowest BCUT2D eigenvalue weighted by Gasteiger charge is -2.37. The van der Waals surface area contributed by atoms with Gasteiger partial charge < -0.3 is 14.8 Å². The molecule has 1 heterocycles. The van der Waals surface area contributed by atoms with Crippen molar-refractivity contribution in [2.75, 3.05) is 20.4 Å². The fourth-order valence-corrected chi connectivity index (χ4v) is 3.14. The van der Waals surface area contributed by atoms with Crippen LogP contribution in [-0.2, 0) is 10.2 Å². The highest BCUT2D eigenvalue weighted by atomic mass is 16.7. The zero-order valence-electron chi connectivity index (χ0n) is 11.2. The topological polar surface area (TPSA) is 47.6 Å². The summed E-state index contributed by atoms with van der Waals surface area (Å²) in [7, 11) is 1.96. The Kier molecular flexibility index (Phi) is 3.19. The Hall–Kier alpha value is -1.55. The summed E-state index contributed by atoms with van der Waals surface area (Å²) >= 11 is 0. The van der Waals surface area contributed by atoms with Gasteiger partial charge in [0.1, 0.15) is 5.78 Å². The Morgan fingerprint density at radius 2 is 1.95 bits per heavy atom. The number of rotatable bonds is 3. The first kappa shape index (κ1) is 12.5. The van der Waals surface area contributed by atoms with E-state index in [0.717, 1.165) is 30.9 Å². The van der Waals surface area contributed by atoms with Crippen molar-refractivity contribution in [2.45, 2.75) is 31.1 Å². The molecule has 1 aliphatic heterocycles. The predicted octanol–water partition coefficient (Wildman–Crippen LogP) is 2.02. The molecule has 3 rings (SSSR count). The number of benzene rings is 1. The molecule has 0 unspecified atom stereocenters. The van der Waals surface area contributed by atoms with E-state index in [9.17, 15) is 4.79 Å². The van der Waals surface area contributed by atoms with Crippen LogP contribution in [0.2, 0.25) is 0 Å². The molecule has 0 atom stereocenters. The molecule has 19 heavy (non-hydrogen) atoms. The van der Waals surface area contributed by atoms with E-state index in [-0.39, 0.29) is 5.41 Å². The first-order valence-electron chi connectivity index (χ1n) is 6.80. The minimum atomic E-state index is 0.0453. The van der Waals surface area contributed by atoms with Crippen molar-refractivity contribution in [2.24, 2.45) is 0 Å². The minimum absolute atomic E-state index is 0.0453. The average molecular weight is 261 g/mol. The Labute approximate surface area is 113 Å². The van der Waals surface area contributed by atoms with Crippen molar-refractivity contribution in [3.63, 3.8) is 0 Å². The van der Waals surface area contributed by atoms with Gasteiger partial charge in [-0.3, -0.25) is 4.79 Å². The molecular weight excluding hydrogens is 242 g/mol. The molecule has 1 aromatic rings. The number of likely N-dealkylation sites (N-methyl/N-ethyl adjacent to an activating group) is 1. The molecule has 0 radical (unpaired) electrons. The lowest BCUT2D eigenvalue weighted by atomic mass is 9.69. The summed E-state index contributed by atoms with van der Waals surface area (Å²) in [6.07, 6.45) is 3.17. The van der Waals surface area contributed by atoms with Crippen LogP contribution in [0.1, 0.15) is 31.2 Å². The van der Waals surface area contributed by atoms with E-state index >= 15 is 0 Å². The molecule has 0 spiro atoms. The number of carbonyl (C=O) groups excluding carboxylic acids is 1. The fraction of sp³-hybridized carbons (Fsp3) is 0.533. The van der Waals surface area contributed by atoms with Crippen LogP contribution in [0.15, 0.2) is 18.2 Å². The smallest absolute Gasteiger partial charge is 0.231 e. The summed E-state index contributed by atoms with van der Waals surface area (Å²) in [5.41, 5.74) is 1.29. The first-order chi connectivity index (χ1) is 9.23. The van der Waals surface area contributed by atoms with Crippen molar-refractivity contribution in [3.05, 3.63) is 23.8 Å². The second kappa shape index (κ2) is 4.85. The van der Waals surface area contributed by atoms with E-state index < -0.39 is 0 Å². The van der Waals surface area contributed by atoms with Crippen LogP contribution in [0.4, 0.5) is 0 Å². The van der Waals surface area contributed by atoms with Crippen molar-refractivity contribution >= 4 is 5.78 Å². The maximum absolute atomic E-state index is 11.5. The molecule has 0 saturated heterocycles. The minimum Gasteiger partial charge on any atom is -0.454 e. The molecule has 1 N–H and O–H groups in total. The second-order valence-electron chi connectivity index (χ2n) is 5.42. The normalized spacial score (nSPS) is 20.6. The summed E-state index contributed by atoms with van der Waals surface area (Å²) in [6.45, 7) is 1.19. The number of ether oxygens (including phenoxy) is 2. The number of hydrogen-bond acceptors (Lipinski definition) is 4. The third kappa shape index (κ3) is 2.21. The standard InChI is InChI=1S/C15H19NO3/c1-16-9-15(6-4-12(17)5-7-15)11-2-3-13-14(8-11)19-10-18-13/h2-3,8,16H,4-7,9-10H2,1H3. The van der Waals surface area contributed by atoms with Gasteiger partial charge in [0, 0.05) is 24.8 Å². The molecule has 0 amide bonds. The van der Waals surface area contributed by atoms with Crippen LogP contribution in [0, 0.1) is 0 Å². The highest BCUT2D eigenvalue weighted by Crippen LogP contribution is 2.42. The van der Waals surface area contributed by atoms with Crippen LogP contribution < -0.4 is 14.8 Å². The van der Waals surface area contributed by atoms with E-state index in [1.807, 2.05) is 13.1 Å². The van der Waals surface area contributed by atoms with Gasteiger partial charge in [0.05, 0.1) is 0 Å². The van der Waals surface area contributed by atoms with Gasteiger partial charge in [-0.05, 0) is 37.6 Å². The number of ketones is 1. The Morgan fingerprint density at radius 1 is 1.21 bits per heavy atom. The quantitative estimate of drug-likeness (QED) is 0.904. The van der Waals surface area contributed by atoms with E-state index in [0.29, 0.717) is 25.4 Å². The number of carbonyl (C=O) groups is 1. The monoisotopic (exact) mass is 261 g/mol. The van der Waals surface area contributed by atoms with Crippen LogP contribution >= 0.6 is 0 Å². The number of hydrogen-bond donors (Lipinski definition) is 1. The van der Waals surface area contributed by atoms with E-state index in [1.165, 1.54) is 5.56 Å². The molecule has 0 bridgehead atoms. The van der Waals surface area contributed by atoms with Crippen molar-refractivity contribution in [1.29, 1.82) is 0 Å². The Balaban J connectivity index is 1.93. The van der Waals surface area contributed by atoms with Gasteiger partial charge in [-0.15, -0.1) is 0 Å². The van der Waals surface area contributed by atoms with Gasteiger partial charge in [-0.2, -0.15) is 0 Å². The zero-order chi connectivity index (χ0) is 13.3. The zero-order valence-corrected chi connectivity index (χ0v) is 11.2. The van der Waals surface area contributed by atoms with Crippen molar-refractivity contribution in [1.82, 2.24) is 5.32 Å². The molecule has 4 heteroatoms. The molecule has 102 valence electrons. The third-order valence-electron chi connectivity index (χ3n) is 4.26. The Morgan fingerprint density at radius 3 is 2.68 bits per heavy atom. The van der Waals surface area contributed by atoms with Gasteiger partial charge in [0.2, 0.25) is 6.79 Å². The maximum Gasteiger partial charge on any atom is 0.231 e. The first-order valence-corrected chi connectivity index (χ1v) is 6.80. The van der Waals surface area contributed by atoms with E-state index in [2.05, 4.69) is 17.4 Å². The predicted molar refractivity (Wildman–Crippen MR) is 71.6 cm³/mol. The molecular formula is C15H19NO3. The second-order valence-corrected chi connectivity index (χ2v) is 5.42. The highest BCUT2D eigenvalue weighted by Gasteiger charge is 2.36. The maximum atomic E-state index is 11.5. The number of Topliss-reactive ketones (excluding diaryl/α,β-unsaturated/α-hetero) is 1. The van der Waals surface area contributed by atoms with E-state index in [4.69, 9.17) is 9.47 Å². The highest BCUT2D eigenvalue weighted by molar-refractivity contribution is 5.79. The van der Waals surface area contributed by atoms with Crippen molar-refractivity contribution < 1.29 is 14.3 Å². The lowest BCUT2D eigenvalue weighted by Crippen LogP contribution is -2.40. The summed E-state index contributed by atoms with van der Waals surface area (Å²) in [5, 5.41) is 3.28. The molecule has 2 aliphatic rings. The van der Waals surface area contributed by atoms with Crippen LogP contribution in [0.25, 0.3) is 0 Å². The summed E-state index contributed by atoms with van der Waals surface area (Å²) in [5.74, 6) is 2.02. The molecule has 1 aliphatic carbocycles. The molecule has 1 aromatic carbocycles. The van der Waals surface area contributed by atoms with Gasteiger partial charge in [0.25, 0.3) is 0 Å². The van der Waals surface area contributed by atoms with E-state index in [1.54, 1.807) is 0 Å². The summed E-state index contributed by atoms with van der Waals surface area (Å²) in [6, 6.07) is 6.17. The molecule has 1 saturated carbocycles. The average Bonchev–Trinajstić information content (AvgIpc) is 2.89. The largest absolute Gasteiger partial charge is 0.454 e. The van der Waals surface area contributed by atoms with Crippen molar-refractivity contribution in [3.8, 4) is 11.5 Å². The van der Waals surface area contributed by atoms with Crippen LogP contribution in [0.3, 0.4) is 0 Å². The van der Waals surface area contributed by atoms with Gasteiger partial charge in [-0.25, -0.2) is 0 Å². The molecule has 4 nitrogen and oxygen atoms in total. The third-order valence-corrected chi connectivity index (χ3v) is 4.26. The number of fused-ring (bicyclic) bond motifs is 1. The van der Waals surface area contributed by atoms with Gasteiger partial charge in [-0.1, -0.05) is 6.07 Å². The molecule has 1 fully saturated rings. The molecule has 0 aromatic heterocycles. The lowest BCUT2D eigenvalue weighted by molar-refractivity contribution is -0.121. The number of nitrogens with one attached hydrogen (secondary N) is 1.